The summed E-state index contributed by atoms with van der Waals surface area (Å²) < 4.78 is 1.40. The van der Waals surface area contributed by atoms with Crippen LogP contribution in [0, 0.1) is 6.92 Å². The summed E-state index contributed by atoms with van der Waals surface area (Å²) in [7, 11) is 0. The molecule has 0 amide bonds. The van der Waals surface area contributed by atoms with E-state index in [-0.39, 0.29) is 18.0 Å². The molecule has 0 aliphatic rings. The molecule has 3 aromatic carbocycles. The van der Waals surface area contributed by atoms with Gasteiger partial charge in [-0.3, -0.25) is 19.3 Å². The molecule has 5 nitrogen and oxygen atoms in total. The third-order valence-corrected chi connectivity index (χ3v) is 5.53. The van der Waals surface area contributed by atoms with Gasteiger partial charge >= 0.3 is 0 Å². The van der Waals surface area contributed by atoms with Gasteiger partial charge in [-0.1, -0.05) is 66.7 Å². The van der Waals surface area contributed by atoms with Crippen LogP contribution in [0.2, 0.25) is 0 Å². The van der Waals surface area contributed by atoms with Crippen LogP contribution in [0.5, 0.6) is 5.88 Å². The summed E-state index contributed by atoms with van der Waals surface area (Å²) in [4.78, 5) is 22.4. The Bertz CT molecular complexity index is 1540. The van der Waals surface area contributed by atoms with Crippen molar-refractivity contribution in [1.82, 2.24) is 9.55 Å². The molecular weight excluding hydrogens is 398 g/mol. The fourth-order valence-electron chi connectivity index (χ4n) is 3.98. The van der Waals surface area contributed by atoms with Crippen LogP contribution in [0.1, 0.15) is 16.8 Å². The standard InChI is InChI=1S/C27H21N3O2/c1-18-15-25(22-13-7-8-14-24(22)29-18)28-16-23-20-11-5-6-12-21(20)26(31)30(27(23)32)17-19-9-3-2-4-10-19/h2-16,32H,17H2,1H3. The molecule has 5 aromatic rings. The summed E-state index contributed by atoms with van der Waals surface area (Å²) in [6, 6.07) is 26.6. The van der Waals surface area contributed by atoms with E-state index >= 15 is 0 Å². The first-order chi connectivity index (χ1) is 15.6. The highest BCUT2D eigenvalue weighted by Gasteiger charge is 2.15. The van der Waals surface area contributed by atoms with Crippen molar-refractivity contribution in [2.75, 3.05) is 0 Å². The zero-order valence-electron chi connectivity index (χ0n) is 17.6. The van der Waals surface area contributed by atoms with Crippen LogP contribution in [0.15, 0.2) is 94.7 Å². The van der Waals surface area contributed by atoms with Crippen molar-refractivity contribution < 1.29 is 5.11 Å². The van der Waals surface area contributed by atoms with E-state index in [0.29, 0.717) is 16.3 Å². The van der Waals surface area contributed by atoms with Crippen molar-refractivity contribution in [3.63, 3.8) is 0 Å². The summed E-state index contributed by atoms with van der Waals surface area (Å²) in [5.41, 5.74) is 3.69. The first kappa shape index (κ1) is 19.7. The van der Waals surface area contributed by atoms with E-state index in [0.717, 1.165) is 27.8 Å². The van der Waals surface area contributed by atoms with Gasteiger partial charge in [0.1, 0.15) is 0 Å². The molecule has 0 saturated carbocycles. The molecule has 5 heteroatoms. The van der Waals surface area contributed by atoms with Gasteiger partial charge in [0.05, 0.1) is 23.3 Å². The van der Waals surface area contributed by atoms with E-state index in [2.05, 4.69) is 4.98 Å². The highest BCUT2D eigenvalue weighted by molar-refractivity contribution is 6.03. The van der Waals surface area contributed by atoms with Gasteiger partial charge in [0, 0.05) is 28.1 Å². The minimum Gasteiger partial charge on any atom is -0.494 e. The van der Waals surface area contributed by atoms with Gasteiger partial charge in [0.15, 0.2) is 0 Å². The lowest BCUT2D eigenvalue weighted by molar-refractivity contribution is 0.416. The molecule has 0 bridgehead atoms. The third kappa shape index (κ3) is 3.54. The number of hydrogen-bond donors (Lipinski definition) is 1. The largest absolute Gasteiger partial charge is 0.494 e. The van der Waals surface area contributed by atoms with E-state index in [1.54, 1.807) is 12.3 Å². The second kappa shape index (κ2) is 8.12. The first-order valence-electron chi connectivity index (χ1n) is 10.4. The van der Waals surface area contributed by atoms with Gasteiger partial charge in [-0.05, 0) is 30.7 Å². The van der Waals surface area contributed by atoms with E-state index in [1.165, 1.54) is 4.57 Å². The van der Waals surface area contributed by atoms with E-state index in [4.69, 9.17) is 4.99 Å². The zero-order chi connectivity index (χ0) is 22.1. The number of pyridine rings is 2. The Hall–Kier alpha value is -4.25. The molecule has 0 radical (unpaired) electrons. The lowest BCUT2D eigenvalue weighted by Crippen LogP contribution is -2.22. The molecule has 32 heavy (non-hydrogen) atoms. The fourth-order valence-corrected chi connectivity index (χ4v) is 3.98. The van der Waals surface area contributed by atoms with Gasteiger partial charge < -0.3 is 5.11 Å². The monoisotopic (exact) mass is 419 g/mol. The molecule has 5 rings (SSSR count). The molecule has 1 N–H and O–H groups in total. The number of nitrogens with zero attached hydrogens (tertiary/aromatic N) is 3. The normalized spacial score (nSPS) is 11.5. The minimum absolute atomic E-state index is 0.101. The Morgan fingerprint density at radius 1 is 0.906 bits per heavy atom. The predicted octanol–water partition coefficient (Wildman–Crippen LogP) is 5.36. The van der Waals surface area contributed by atoms with Gasteiger partial charge in [0.2, 0.25) is 5.88 Å². The van der Waals surface area contributed by atoms with Gasteiger partial charge in [0.25, 0.3) is 5.56 Å². The van der Waals surface area contributed by atoms with Crippen LogP contribution in [-0.2, 0) is 6.54 Å². The van der Waals surface area contributed by atoms with Crippen LogP contribution in [-0.4, -0.2) is 20.9 Å². The number of benzene rings is 3. The maximum absolute atomic E-state index is 13.1. The van der Waals surface area contributed by atoms with Gasteiger partial charge in [-0.15, -0.1) is 0 Å². The van der Waals surface area contributed by atoms with Crippen molar-refractivity contribution in [3.05, 3.63) is 112 Å². The Morgan fingerprint density at radius 3 is 2.34 bits per heavy atom. The summed E-state index contributed by atoms with van der Waals surface area (Å²) in [5.74, 6) is -0.101. The highest BCUT2D eigenvalue weighted by Crippen LogP contribution is 2.28. The number of aliphatic imine (C=N–C) groups is 1. The number of aromatic nitrogens is 2. The van der Waals surface area contributed by atoms with Crippen LogP contribution in [0.4, 0.5) is 5.69 Å². The summed E-state index contributed by atoms with van der Waals surface area (Å²) in [6.45, 7) is 2.20. The number of aryl methyl sites for hydroxylation is 1. The Balaban J connectivity index is 1.70. The van der Waals surface area contributed by atoms with E-state index < -0.39 is 0 Å². The number of fused-ring (bicyclic) bond motifs is 2. The van der Waals surface area contributed by atoms with Crippen molar-refractivity contribution >= 4 is 33.6 Å². The molecule has 0 saturated heterocycles. The quantitative estimate of drug-likeness (QED) is 0.399. The van der Waals surface area contributed by atoms with Crippen molar-refractivity contribution in [2.45, 2.75) is 13.5 Å². The van der Waals surface area contributed by atoms with E-state index in [1.807, 2.05) is 85.8 Å². The van der Waals surface area contributed by atoms with Crippen LogP contribution in [0.25, 0.3) is 21.7 Å². The van der Waals surface area contributed by atoms with Gasteiger partial charge in [-0.2, -0.15) is 0 Å². The highest BCUT2D eigenvalue weighted by atomic mass is 16.3. The summed E-state index contributed by atoms with van der Waals surface area (Å²) in [5, 5.41) is 13.3. The third-order valence-electron chi connectivity index (χ3n) is 5.53. The van der Waals surface area contributed by atoms with Crippen molar-refractivity contribution in [2.24, 2.45) is 4.99 Å². The Labute approximate surface area is 185 Å². The molecular formula is C27H21N3O2. The topological polar surface area (TPSA) is 67.5 Å². The van der Waals surface area contributed by atoms with Crippen LogP contribution >= 0.6 is 0 Å². The van der Waals surface area contributed by atoms with E-state index in [9.17, 15) is 9.90 Å². The predicted molar refractivity (Wildman–Crippen MR) is 129 cm³/mol. The SMILES string of the molecule is Cc1cc(N=Cc2c(O)n(Cc3ccccc3)c(=O)c3ccccc23)c2ccccc2n1. The number of para-hydroxylation sites is 1. The zero-order valence-corrected chi connectivity index (χ0v) is 17.6. The van der Waals surface area contributed by atoms with Crippen LogP contribution in [0.3, 0.4) is 0 Å². The molecule has 0 fully saturated rings. The second-order valence-corrected chi connectivity index (χ2v) is 7.72. The van der Waals surface area contributed by atoms with Crippen molar-refractivity contribution in [3.8, 4) is 5.88 Å². The second-order valence-electron chi connectivity index (χ2n) is 7.72. The maximum Gasteiger partial charge on any atom is 0.261 e. The average molecular weight is 419 g/mol. The summed E-state index contributed by atoms with van der Waals surface area (Å²) >= 11 is 0. The fraction of sp³-hybridized carbons (Fsp3) is 0.0741. The lowest BCUT2D eigenvalue weighted by atomic mass is 10.1. The van der Waals surface area contributed by atoms with Crippen molar-refractivity contribution in [1.29, 1.82) is 0 Å². The summed E-state index contributed by atoms with van der Waals surface area (Å²) in [6.07, 6.45) is 1.64. The number of rotatable bonds is 4. The molecule has 2 aromatic heterocycles. The molecule has 0 aliphatic carbocycles. The molecule has 0 unspecified atom stereocenters. The minimum atomic E-state index is -0.232. The molecule has 0 spiro atoms. The Kier molecular flexibility index (Phi) is 5.00. The maximum atomic E-state index is 13.1. The first-order valence-corrected chi connectivity index (χ1v) is 10.4. The Morgan fingerprint density at radius 2 is 1.56 bits per heavy atom. The number of hydrogen-bond acceptors (Lipinski definition) is 4. The van der Waals surface area contributed by atoms with Gasteiger partial charge in [-0.25, -0.2) is 0 Å². The molecule has 2 heterocycles. The lowest BCUT2D eigenvalue weighted by Gasteiger charge is -2.14. The average Bonchev–Trinajstić information content (AvgIpc) is 2.82. The molecule has 0 aliphatic heterocycles. The number of aromatic hydroxyl groups is 1. The molecule has 0 atom stereocenters. The molecule has 156 valence electrons. The smallest absolute Gasteiger partial charge is 0.261 e. The van der Waals surface area contributed by atoms with Crippen LogP contribution < -0.4 is 5.56 Å².